The van der Waals surface area contributed by atoms with Crippen LogP contribution >= 0.6 is 0 Å². The van der Waals surface area contributed by atoms with E-state index in [-0.39, 0.29) is 0 Å². The van der Waals surface area contributed by atoms with Crippen molar-refractivity contribution >= 4 is 11.9 Å². The molecule has 0 amide bonds. The molecule has 3 heteroatoms. The van der Waals surface area contributed by atoms with Crippen molar-refractivity contribution in [1.29, 1.82) is 0 Å². The Kier molecular flexibility index (Phi) is 6.12. The van der Waals surface area contributed by atoms with E-state index in [1.54, 1.807) is 12.1 Å². The third-order valence-electron chi connectivity index (χ3n) is 2.73. The molecule has 0 atom stereocenters. The lowest BCUT2D eigenvalue weighted by Gasteiger charge is -2.03. The smallest absolute Gasteiger partial charge is 0.345 e. The number of esters is 2. The predicted molar refractivity (Wildman–Crippen MR) is 70.4 cm³/mol. The number of ether oxygens (including phenoxy) is 1. The van der Waals surface area contributed by atoms with Crippen LogP contribution in [0.15, 0.2) is 24.3 Å². The Bertz CT molecular complexity index is 393. The molecule has 18 heavy (non-hydrogen) atoms. The molecule has 0 N–H and O–H groups in total. The summed E-state index contributed by atoms with van der Waals surface area (Å²) in [6, 6.07) is 6.98. The monoisotopic (exact) mass is 248 g/mol. The van der Waals surface area contributed by atoms with Crippen LogP contribution in [0.1, 0.15) is 54.9 Å². The van der Waals surface area contributed by atoms with Crippen LogP contribution < -0.4 is 0 Å². The van der Waals surface area contributed by atoms with E-state index in [1.165, 1.54) is 0 Å². The van der Waals surface area contributed by atoms with Gasteiger partial charge in [0.1, 0.15) is 0 Å². The molecule has 0 radical (unpaired) electrons. The molecule has 1 aromatic rings. The first-order valence-electron chi connectivity index (χ1n) is 6.45. The lowest BCUT2D eigenvalue weighted by Crippen LogP contribution is -2.12. The average Bonchev–Trinajstić information content (AvgIpc) is 2.35. The van der Waals surface area contributed by atoms with E-state index in [1.807, 2.05) is 19.1 Å². The zero-order valence-corrected chi connectivity index (χ0v) is 11.1. The lowest BCUT2D eigenvalue weighted by atomic mass is 10.1. The molecule has 0 aliphatic rings. The Morgan fingerprint density at radius 1 is 1.06 bits per heavy atom. The van der Waals surface area contributed by atoms with Gasteiger partial charge >= 0.3 is 11.9 Å². The van der Waals surface area contributed by atoms with Gasteiger partial charge < -0.3 is 4.74 Å². The van der Waals surface area contributed by atoms with Crippen molar-refractivity contribution < 1.29 is 14.3 Å². The second-order valence-corrected chi connectivity index (χ2v) is 4.44. The minimum Gasteiger partial charge on any atom is -0.389 e. The van der Waals surface area contributed by atoms with Crippen molar-refractivity contribution in [2.75, 3.05) is 0 Å². The summed E-state index contributed by atoms with van der Waals surface area (Å²) in [6.07, 6.45) is 4.34. The average molecular weight is 248 g/mol. The number of carbonyl (C=O) groups is 2. The SMILES string of the molecule is CCCCCCC(=O)OC(=O)c1ccc(C)cc1. The summed E-state index contributed by atoms with van der Waals surface area (Å²) in [5.41, 5.74) is 1.49. The highest BCUT2D eigenvalue weighted by Gasteiger charge is 2.12. The van der Waals surface area contributed by atoms with Crippen LogP contribution in [0.4, 0.5) is 0 Å². The second kappa shape index (κ2) is 7.64. The molecule has 1 rings (SSSR count). The Hall–Kier alpha value is -1.64. The molecule has 0 saturated carbocycles. The summed E-state index contributed by atoms with van der Waals surface area (Å²) in [7, 11) is 0. The summed E-state index contributed by atoms with van der Waals surface area (Å²) < 4.78 is 4.78. The number of unbranched alkanes of at least 4 members (excludes halogenated alkanes) is 3. The quantitative estimate of drug-likeness (QED) is 0.438. The molecular weight excluding hydrogens is 228 g/mol. The van der Waals surface area contributed by atoms with Gasteiger partial charge in [0.05, 0.1) is 5.56 Å². The van der Waals surface area contributed by atoms with E-state index in [2.05, 4.69) is 6.92 Å². The van der Waals surface area contributed by atoms with E-state index in [9.17, 15) is 9.59 Å². The summed E-state index contributed by atoms with van der Waals surface area (Å²) >= 11 is 0. The summed E-state index contributed by atoms with van der Waals surface area (Å²) in [6.45, 7) is 4.05. The fourth-order valence-electron chi connectivity index (χ4n) is 1.60. The molecule has 0 saturated heterocycles. The molecule has 3 nitrogen and oxygen atoms in total. The lowest BCUT2D eigenvalue weighted by molar-refractivity contribution is -0.138. The van der Waals surface area contributed by atoms with Crippen LogP contribution in [0.25, 0.3) is 0 Å². The normalized spacial score (nSPS) is 10.1. The predicted octanol–water partition coefficient (Wildman–Crippen LogP) is 3.65. The molecule has 0 aliphatic heterocycles. The van der Waals surface area contributed by atoms with Gasteiger partial charge in [-0.15, -0.1) is 0 Å². The first-order valence-corrected chi connectivity index (χ1v) is 6.45. The maximum absolute atomic E-state index is 11.6. The number of carbonyl (C=O) groups excluding carboxylic acids is 2. The second-order valence-electron chi connectivity index (χ2n) is 4.44. The van der Waals surface area contributed by atoms with E-state index < -0.39 is 11.9 Å². The van der Waals surface area contributed by atoms with Crippen molar-refractivity contribution in [3.05, 3.63) is 35.4 Å². The van der Waals surface area contributed by atoms with Crippen molar-refractivity contribution in [2.45, 2.75) is 46.0 Å². The Morgan fingerprint density at radius 3 is 2.33 bits per heavy atom. The zero-order chi connectivity index (χ0) is 13.4. The molecule has 0 bridgehead atoms. The summed E-state index contributed by atoms with van der Waals surface area (Å²) in [5, 5.41) is 0. The van der Waals surface area contributed by atoms with Gasteiger partial charge in [0.25, 0.3) is 0 Å². The third kappa shape index (κ3) is 5.13. The number of hydrogen-bond donors (Lipinski definition) is 0. The number of hydrogen-bond acceptors (Lipinski definition) is 3. The molecular formula is C15H20O3. The Balaban J connectivity index is 2.35. The van der Waals surface area contributed by atoms with Crippen LogP contribution in [0.2, 0.25) is 0 Å². The topological polar surface area (TPSA) is 43.4 Å². The van der Waals surface area contributed by atoms with Crippen molar-refractivity contribution in [2.24, 2.45) is 0 Å². The van der Waals surface area contributed by atoms with Gasteiger partial charge in [-0.3, -0.25) is 4.79 Å². The number of benzene rings is 1. The molecule has 0 heterocycles. The van der Waals surface area contributed by atoms with E-state index in [0.29, 0.717) is 12.0 Å². The molecule has 0 aromatic heterocycles. The fraction of sp³-hybridized carbons (Fsp3) is 0.467. The third-order valence-corrected chi connectivity index (χ3v) is 2.73. The highest BCUT2D eigenvalue weighted by molar-refractivity contribution is 5.96. The summed E-state index contributed by atoms with van der Waals surface area (Å²) in [4.78, 5) is 23.0. The number of aryl methyl sites for hydroxylation is 1. The van der Waals surface area contributed by atoms with Crippen LogP contribution in [0.3, 0.4) is 0 Å². The van der Waals surface area contributed by atoms with Crippen molar-refractivity contribution in [1.82, 2.24) is 0 Å². The van der Waals surface area contributed by atoms with Gasteiger partial charge in [-0.1, -0.05) is 43.9 Å². The maximum atomic E-state index is 11.6. The van der Waals surface area contributed by atoms with Gasteiger partial charge in [-0.25, -0.2) is 4.79 Å². The molecule has 98 valence electrons. The fourth-order valence-corrected chi connectivity index (χ4v) is 1.60. The molecule has 0 spiro atoms. The van der Waals surface area contributed by atoms with E-state index >= 15 is 0 Å². The Labute approximate surface area is 108 Å². The van der Waals surface area contributed by atoms with Crippen LogP contribution in [-0.2, 0) is 9.53 Å². The standard InChI is InChI=1S/C15H20O3/c1-3-4-5-6-7-14(16)18-15(17)13-10-8-12(2)9-11-13/h8-11H,3-7H2,1-2H3. The van der Waals surface area contributed by atoms with Gasteiger partial charge in [0.2, 0.25) is 0 Å². The molecule has 0 aliphatic carbocycles. The largest absolute Gasteiger partial charge is 0.389 e. The minimum absolute atomic E-state index is 0.317. The van der Waals surface area contributed by atoms with Crippen LogP contribution in [0.5, 0.6) is 0 Å². The number of rotatable bonds is 6. The van der Waals surface area contributed by atoms with Gasteiger partial charge in [0.15, 0.2) is 0 Å². The molecule has 0 fully saturated rings. The highest BCUT2D eigenvalue weighted by Crippen LogP contribution is 2.07. The first-order chi connectivity index (χ1) is 8.63. The van der Waals surface area contributed by atoms with Crippen LogP contribution in [-0.4, -0.2) is 11.9 Å². The van der Waals surface area contributed by atoms with Gasteiger partial charge in [0, 0.05) is 6.42 Å². The Morgan fingerprint density at radius 2 is 1.72 bits per heavy atom. The van der Waals surface area contributed by atoms with Crippen LogP contribution in [0, 0.1) is 6.92 Å². The first kappa shape index (κ1) is 14.4. The maximum Gasteiger partial charge on any atom is 0.345 e. The van der Waals surface area contributed by atoms with E-state index in [0.717, 1.165) is 31.2 Å². The van der Waals surface area contributed by atoms with Gasteiger partial charge in [-0.05, 0) is 25.5 Å². The highest BCUT2D eigenvalue weighted by atomic mass is 16.6. The molecule has 1 aromatic carbocycles. The van der Waals surface area contributed by atoms with E-state index in [4.69, 9.17) is 4.74 Å². The zero-order valence-electron chi connectivity index (χ0n) is 11.1. The molecule has 0 unspecified atom stereocenters. The van der Waals surface area contributed by atoms with Crippen molar-refractivity contribution in [3.63, 3.8) is 0 Å². The summed E-state index contributed by atoms with van der Waals surface area (Å²) in [5.74, 6) is -0.993. The van der Waals surface area contributed by atoms with Crippen molar-refractivity contribution in [3.8, 4) is 0 Å². The van der Waals surface area contributed by atoms with Gasteiger partial charge in [-0.2, -0.15) is 0 Å². The minimum atomic E-state index is -0.560.